The van der Waals surface area contributed by atoms with Crippen LogP contribution < -0.4 is 0 Å². The maximum absolute atomic E-state index is 12.2. The second-order valence-electron chi connectivity index (χ2n) is 7.46. The van der Waals surface area contributed by atoms with Crippen LogP contribution in [0.3, 0.4) is 0 Å². The molecule has 166 valence electrons. The fraction of sp³-hybridized carbons (Fsp3) is 0.522. The maximum Gasteiger partial charge on any atom is 0.410 e. The van der Waals surface area contributed by atoms with Crippen LogP contribution in [-0.2, 0) is 4.74 Å². The lowest BCUT2D eigenvalue weighted by atomic mass is 9.98. The predicted octanol–water partition coefficient (Wildman–Crippen LogP) is 6.32. The van der Waals surface area contributed by atoms with Gasteiger partial charge in [0.1, 0.15) is 10.6 Å². The van der Waals surface area contributed by atoms with E-state index in [1.807, 2.05) is 76.6 Å². The van der Waals surface area contributed by atoms with Crippen molar-refractivity contribution in [2.45, 2.75) is 65.9 Å². The van der Waals surface area contributed by atoms with E-state index in [1.54, 1.807) is 16.2 Å². The highest BCUT2D eigenvalue weighted by atomic mass is 32.1. The Labute approximate surface area is 185 Å². The molecular weight excluding hydrogens is 396 g/mol. The van der Waals surface area contributed by atoms with Gasteiger partial charge in [-0.15, -0.1) is 13.2 Å². The van der Waals surface area contributed by atoms with Crippen LogP contribution in [0.4, 0.5) is 4.79 Å². The molecule has 0 bridgehead atoms. The molecule has 0 atom stereocenters. The van der Waals surface area contributed by atoms with Crippen molar-refractivity contribution in [2.75, 3.05) is 13.1 Å². The third-order valence-corrected chi connectivity index (χ3v) is 5.23. The van der Waals surface area contributed by atoms with E-state index >= 15 is 0 Å². The highest BCUT2D eigenvalue weighted by molar-refractivity contribution is 7.16. The molecule has 0 aliphatic carbocycles. The molecular formula is C23H36N4O2S. The summed E-state index contributed by atoms with van der Waals surface area (Å²) in [5.41, 5.74) is 0.460. The summed E-state index contributed by atoms with van der Waals surface area (Å²) < 4.78 is 7.31. The van der Waals surface area contributed by atoms with Gasteiger partial charge in [0, 0.05) is 19.0 Å². The van der Waals surface area contributed by atoms with Crippen LogP contribution >= 0.6 is 11.3 Å². The lowest BCUT2D eigenvalue weighted by Crippen LogP contribution is -2.41. The predicted molar refractivity (Wildman–Crippen MR) is 127 cm³/mol. The van der Waals surface area contributed by atoms with Crippen molar-refractivity contribution in [3.05, 3.63) is 48.3 Å². The van der Waals surface area contributed by atoms with E-state index in [2.05, 4.69) is 18.1 Å². The molecule has 0 unspecified atom stereocenters. The van der Waals surface area contributed by atoms with Gasteiger partial charge in [-0.2, -0.15) is 5.10 Å². The third-order valence-electron chi connectivity index (χ3n) is 4.14. The number of carbonyl (C=O) groups excluding carboxylic acids is 1. The number of carbonyl (C=O) groups is 1. The van der Waals surface area contributed by atoms with E-state index in [0.717, 1.165) is 28.5 Å². The minimum Gasteiger partial charge on any atom is -0.444 e. The molecule has 0 radical (unpaired) electrons. The molecule has 0 aromatic carbocycles. The molecule has 3 heterocycles. The Morgan fingerprint density at radius 2 is 1.87 bits per heavy atom. The number of hydrogen-bond donors (Lipinski definition) is 0. The molecule has 2 aromatic rings. The van der Waals surface area contributed by atoms with Crippen LogP contribution in [0.25, 0.3) is 11.0 Å². The number of ether oxygens (including phenoxy) is 1. The minimum absolute atomic E-state index is 0.220. The standard InChI is InChI=1S/C19H26N4O2S.C2H6.C2H4/c1-5-6-7-8-15-13-23-17(20-15)26-16(21-23)14-9-11-22(12-10-14)18(24)25-19(2,3)4;2*1-2/h5-8,13-14H,9-12H2,1-4H3;1-2H3;1-2H2/b6-5+,8-7+;;. The van der Waals surface area contributed by atoms with E-state index in [0.29, 0.717) is 19.0 Å². The highest BCUT2D eigenvalue weighted by Crippen LogP contribution is 2.31. The second kappa shape index (κ2) is 12.3. The number of fused-ring (bicyclic) bond motifs is 1. The monoisotopic (exact) mass is 432 g/mol. The van der Waals surface area contributed by atoms with E-state index in [1.165, 1.54) is 0 Å². The summed E-state index contributed by atoms with van der Waals surface area (Å²) in [6.45, 7) is 19.1. The Balaban J connectivity index is 0.00000106. The Morgan fingerprint density at radius 3 is 2.40 bits per heavy atom. The van der Waals surface area contributed by atoms with Gasteiger partial charge >= 0.3 is 6.09 Å². The van der Waals surface area contributed by atoms with E-state index in [4.69, 9.17) is 9.84 Å². The summed E-state index contributed by atoms with van der Waals surface area (Å²) >= 11 is 1.64. The van der Waals surface area contributed by atoms with Crippen LogP contribution in [0.2, 0.25) is 0 Å². The smallest absolute Gasteiger partial charge is 0.410 e. The van der Waals surface area contributed by atoms with Crippen LogP contribution in [0.15, 0.2) is 37.6 Å². The summed E-state index contributed by atoms with van der Waals surface area (Å²) in [7, 11) is 0. The molecule has 0 spiro atoms. The summed E-state index contributed by atoms with van der Waals surface area (Å²) in [6.07, 6.45) is 11.4. The summed E-state index contributed by atoms with van der Waals surface area (Å²) in [6, 6.07) is 0. The number of amides is 1. The number of imidazole rings is 1. The maximum atomic E-state index is 12.2. The lowest BCUT2D eigenvalue weighted by molar-refractivity contribution is 0.0204. The zero-order valence-corrected chi connectivity index (χ0v) is 20.0. The van der Waals surface area contributed by atoms with Crippen LogP contribution in [-0.4, -0.2) is 44.3 Å². The zero-order chi connectivity index (χ0) is 22.7. The average Bonchev–Trinajstić information content (AvgIpc) is 3.29. The first kappa shape index (κ1) is 25.6. The first-order valence-corrected chi connectivity index (χ1v) is 11.3. The van der Waals surface area contributed by atoms with E-state index < -0.39 is 5.60 Å². The molecule has 30 heavy (non-hydrogen) atoms. The summed E-state index contributed by atoms with van der Waals surface area (Å²) in [5.74, 6) is 0.377. The highest BCUT2D eigenvalue weighted by Gasteiger charge is 2.29. The first-order chi connectivity index (χ1) is 14.4. The SMILES string of the molecule is C/C=C/C=C/c1cn2nc(C3CCN(C(=O)OC(C)(C)C)CC3)sc2n1.C=C.CC. The van der Waals surface area contributed by atoms with Crippen LogP contribution in [0.1, 0.15) is 71.0 Å². The Bertz CT molecular complexity index is 806. The number of hydrogen-bond acceptors (Lipinski definition) is 5. The Hall–Kier alpha value is -2.41. The van der Waals surface area contributed by atoms with Crippen LogP contribution in [0.5, 0.6) is 0 Å². The van der Waals surface area contributed by atoms with Crippen molar-refractivity contribution in [3.8, 4) is 0 Å². The number of nitrogens with zero attached hydrogens (tertiary/aromatic N) is 4. The normalized spacial score (nSPS) is 15.1. The van der Waals surface area contributed by atoms with Crippen molar-refractivity contribution in [3.63, 3.8) is 0 Å². The van der Waals surface area contributed by atoms with Gasteiger partial charge in [-0.05, 0) is 46.6 Å². The second-order valence-corrected chi connectivity index (χ2v) is 8.45. The number of allylic oxidation sites excluding steroid dienone is 3. The van der Waals surface area contributed by atoms with E-state index in [9.17, 15) is 4.79 Å². The van der Waals surface area contributed by atoms with Gasteiger partial charge in [0.05, 0.1) is 11.9 Å². The van der Waals surface area contributed by atoms with Gasteiger partial charge in [-0.1, -0.05) is 43.4 Å². The zero-order valence-electron chi connectivity index (χ0n) is 19.2. The average molecular weight is 433 g/mol. The van der Waals surface area contributed by atoms with Crippen molar-refractivity contribution >= 4 is 28.5 Å². The lowest BCUT2D eigenvalue weighted by Gasteiger charge is -2.32. The summed E-state index contributed by atoms with van der Waals surface area (Å²) in [5, 5.41) is 5.80. The largest absolute Gasteiger partial charge is 0.444 e. The summed E-state index contributed by atoms with van der Waals surface area (Å²) in [4.78, 5) is 19.5. The molecule has 6 nitrogen and oxygen atoms in total. The molecule has 1 amide bonds. The third kappa shape index (κ3) is 7.44. The Morgan fingerprint density at radius 1 is 1.23 bits per heavy atom. The molecule has 1 aliphatic rings. The quantitative estimate of drug-likeness (QED) is 0.420. The molecule has 0 saturated carbocycles. The molecule has 2 aromatic heterocycles. The molecule has 1 saturated heterocycles. The van der Waals surface area contributed by atoms with Gasteiger partial charge in [0.15, 0.2) is 0 Å². The molecule has 1 aliphatic heterocycles. The van der Waals surface area contributed by atoms with Crippen molar-refractivity contribution in [1.29, 1.82) is 0 Å². The van der Waals surface area contributed by atoms with Gasteiger partial charge < -0.3 is 9.64 Å². The molecule has 1 fully saturated rings. The first-order valence-electron chi connectivity index (χ1n) is 10.5. The van der Waals surface area contributed by atoms with Gasteiger partial charge in [-0.25, -0.2) is 14.3 Å². The van der Waals surface area contributed by atoms with Crippen molar-refractivity contribution in [2.24, 2.45) is 0 Å². The number of likely N-dealkylation sites (tertiary alicyclic amines) is 1. The van der Waals surface area contributed by atoms with Crippen molar-refractivity contribution in [1.82, 2.24) is 19.5 Å². The number of aromatic nitrogens is 3. The van der Waals surface area contributed by atoms with Gasteiger partial charge in [-0.3, -0.25) is 0 Å². The fourth-order valence-corrected chi connectivity index (χ4v) is 3.93. The van der Waals surface area contributed by atoms with Gasteiger partial charge in [0.2, 0.25) is 4.96 Å². The number of piperidine rings is 1. The Kier molecular flexibility index (Phi) is 10.5. The fourth-order valence-electron chi connectivity index (χ4n) is 2.88. The minimum atomic E-state index is -0.451. The number of rotatable bonds is 3. The van der Waals surface area contributed by atoms with E-state index in [-0.39, 0.29) is 6.09 Å². The molecule has 7 heteroatoms. The topological polar surface area (TPSA) is 59.7 Å². The van der Waals surface area contributed by atoms with Gasteiger partial charge in [0.25, 0.3) is 0 Å². The molecule has 3 rings (SSSR count). The molecule has 0 N–H and O–H groups in total. The van der Waals surface area contributed by atoms with Crippen molar-refractivity contribution < 1.29 is 9.53 Å². The van der Waals surface area contributed by atoms with Crippen LogP contribution in [0, 0.1) is 0 Å².